The fraction of sp³-hybridized carbons (Fsp3) is 0.240. The Kier molecular flexibility index (Phi) is 6.99. The summed E-state index contributed by atoms with van der Waals surface area (Å²) in [4.78, 5) is 4.35. The molecule has 144 valence electrons. The van der Waals surface area contributed by atoms with Crippen molar-refractivity contribution >= 4 is 16.8 Å². The van der Waals surface area contributed by atoms with Crippen LogP contribution in [0.25, 0.3) is 28.0 Å². The average molecular weight is 373 g/mol. The highest BCUT2D eigenvalue weighted by molar-refractivity contribution is 5.88. The molecule has 2 aromatic carbocycles. The molecular formula is C25H27NO2. The Bertz CT molecular complexity index is 942. The van der Waals surface area contributed by atoms with Gasteiger partial charge >= 0.3 is 0 Å². The van der Waals surface area contributed by atoms with E-state index in [0.717, 1.165) is 30.4 Å². The molecule has 0 aliphatic rings. The first-order valence-electron chi connectivity index (χ1n) is 9.74. The lowest BCUT2D eigenvalue weighted by Gasteiger charge is -2.07. The molecule has 0 aliphatic carbocycles. The average Bonchev–Trinajstić information content (AvgIpc) is 2.71. The zero-order valence-electron chi connectivity index (χ0n) is 16.3. The molecule has 1 aromatic heterocycles. The van der Waals surface area contributed by atoms with Crippen molar-refractivity contribution in [3.63, 3.8) is 0 Å². The lowest BCUT2D eigenvalue weighted by molar-refractivity contribution is 0.182. The van der Waals surface area contributed by atoms with Crippen molar-refractivity contribution in [3.05, 3.63) is 79.0 Å². The molecule has 3 aromatic rings. The number of fused-ring (bicyclic) bond motifs is 1. The molecule has 1 heterocycles. The molecule has 3 heteroatoms. The first kappa shape index (κ1) is 19.8. The Hall–Kier alpha value is -2.91. The number of nitrogens with zero attached hydrogens (tertiary/aromatic N) is 1. The molecule has 1 N–H and O–H groups in total. The minimum Gasteiger partial charge on any atom is -0.473 e. The van der Waals surface area contributed by atoms with Gasteiger partial charge in [-0.2, -0.15) is 0 Å². The molecule has 1 unspecified atom stereocenters. The SMILES string of the molecule is C=CCOc1ccc(-c2ccc3cc(/C=C/CCCC(C)O)ccc3c2)cn1. The highest BCUT2D eigenvalue weighted by atomic mass is 16.5. The topological polar surface area (TPSA) is 42.4 Å². The van der Waals surface area contributed by atoms with Gasteiger partial charge in [-0.3, -0.25) is 0 Å². The Balaban J connectivity index is 1.70. The van der Waals surface area contributed by atoms with Gasteiger partial charge in [0.25, 0.3) is 0 Å². The van der Waals surface area contributed by atoms with Gasteiger partial charge in [0.05, 0.1) is 6.10 Å². The summed E-state index contributed by atoms with van der Waals surface area (Å²) in [6.07, 6.45) is 10.5. The fourth-order valence-electron chi connectivity index (χ4n) is 3.08. The van der Waals surface area contributed by atoms with Gasteiger partial charge in [-0.25, -0.2) is 4.98 Å². The van der Waals surface area contributed by atoms with E-state index >= 15 is 0 Å². The van der Waals surface area contributed by atoms with Crippen molar-refractivity contribution < 1.29 is 9.84 Å². The van der Waals surface area contributed by atoms with Crippen LogP contribution in [0.4, 0.5) is 0 Å². The molecule has 0 radical (unpaired) electrons. The van der Waals surface area contributed by atoms with Crippen molar-refractivity contribution in [3.8, 4) is 17.0 Å². The van der Waals surface area contributed by atoms with E-state index in [1.807, 2.05) is 25.3 Å². The number of pyridine rings is 1. The van der Waals surface area contributed by atoms with Crippen LogP contribution in [0.15, 0.2) is 73.5 Å². The van der Waals surface area contributed by atoms with Gasteiger partial charge in [-0.05, 0) is 66.3 Å². The Morgan fingerprint density at radius 3 is 2.61 bits per heavy atom. The number of allylic oxidation sites excluding steroid dienone is 1. The van der Waals surface area contributed by atoms with Crippen LogP contribution in [0.5, 0.6) is 5.88 Å². The largest absolute Gasteiger partial charge is 0.473 e. The second-order valence-electron chi connectivity index (χ2n) is 6.99. The van der Waals surface area contributed by atoms with E-state index in [1.165, 1.54) is 16.3 Å². The predicted octanol–water partition coefficient (Wildman–Crippen LogP) is 6.03. The summed E-state index contributed by atoms with van der Waals surface area (Å²) in [5.74, 6) is 0.606. The second kappa shape index (κ2) is 9.86. The van der Waals surface area contributed by atoms with Crippen molar-refractivity contribution in [1.82, 2.24) is 4.98 Å². The van der Waals surface area contributed by atoms with Crippen LogP contribution < -0.4 is 4.74 Å². The van der Waals surface area contributed by atoms with E-state index in [1.54, 1.807) is 6.08 Å². The third-order valence-corrected chi connectivity index (χ3v) is 4.59. The summed E-state index contributed by atoms with van der Waals surface area (Å²) in [7, 11) is 0. The lowest BCUT2D eigenvalue weighted by atomic mass is 10.0. The van der Waals surface area contributed by atoms with Gasteiger partial charge in [0.15, 0.2) is 0 Å². The first-order chi connectivity index (χ1) is 13.7. The number of benzene rings is 2. The number of ether oxygens (including phenoxy) is 1. The molecule has 3 nitrogen and oxygen atoms in total. The molecule has 0 fully saturated rings. The molecule has 0 saturated carbocycles. The van der Waals surface area contributed by atoms with E-state index in [2.05, 4.69) is 60.1 Å². The van der Waals surface area contributed by atoms with Gasteiger partial charge in [-0.15, -0.1) is 0 Å². The molecule has 3 rings (SSSR count). The van der Waals surface area contributed by atoms with Crippen LogP contribution in [-0.4, -0.2) is 22.8 Å². The molecule has 0 spiro atoms. The number of hydrogen-bond donors (Lipinski definition) is 1. The van der Waals surface area contributed by atoms with Crippen molar-refractivity contribution in [2.75, 3.05) is 6.61 Å². The summed E-state index contributed by atoms with van der Waals surface area (Å²) < 4.78 is 5.44. The Morgan fingerprint density at radius 2 is 1.86 bits per heavy atom. The van der Waals surface area contributed by atoms with Gasteiger partial charge in [0, 0.05) is 17.8 Å². The van der Waals surface area contributed by atoms with Crippen LogP contribution in [0, 0.1) is 0 Å². The predicted molar refractivity (Wildman–Crippen MR) is 117 cm³/mol. The zero-order valence-corrected chi connectivity index (χ0v) is 16.3. The maximum Gasteiger partial charge on any atom is 0.213 e. The quantitative estimate of drug-likeness (QED) is 0.368. The van der Waals surface area contributed by atoms with E-state index < -0.39 is 0 Å². The highest BCUT2D eigenvalue weighted by Crippen LogP contribution is 2.26. The summed E-state index contributed by atoms with van der Waals surface area (Å²) >= 11 is 0. The fourth-order valence-corrected chi connectivity index (χ4v) is 3.08. The lowest BCUT2D eigenvalue weighted by Crippen LogP contribution is -1.97. The number of aliphatic hydroxyl groups excluding tert-OH is 1. The number of rotatable bonds is 9. The van der Waals surface area contributed by atoms with E-state index in [0.29, 0.717) is 12.5 Å². The van der Waals surface area contributed by atoms with Crippen LogP contribution in [0.1, 0.15) is 31.7 Å². The zero-order chi connectivity index (χ0) is 19.8. The van der Waals surface area contributed by atoms with Crippen LogP contribution >= 0.6 is 0 Å². The van der Waals surface area contributed by atoms with Gasteiger partial charge in [-0.1, -0.05) is 49.1 Å². The Labute approximate surface area is 167 Å². The smallest absolute Gasteiger partial charge is 0.213 e. The van der Waals surface area contributed by atoms with Crippen LogP contribution in [0.3, 0.4) is 0 Å². The summed E-state index contributed by atoms with van der Waals surface area (Å²) in [6, 6.07) is 16.9. The van der Waals surface area contributed by atoms with E-state index in [9.17, 15) is 5.11 Å². The second-order valence-corrected chi connectivity index (χ2v) is 6.99. The van der Waals surface area contributed by atoms with Gasteiger partial charge < -0.3 is 9.84 Å². The molecule has 28 heavy (non-hydrogen) atoms. The normalized spacial score (nSPS) is 12.4. The minimum absolute atomic E-state index is 0.214. The summed E-state index contributed by atoms with van der Waals surface area (Å²) in [5.41, 5.74) is 3.40. The van der Waals surface area contributed by atoms with Gasteiger partial charge in [0.1, 0.15) is 6.61 Å². The van der Waals surface area contributed by atoms with E-state index in [-0.39, 0.29) is 6.10 Å². The van der Waals surface area contributed by atoms with Crippen molar-refractivity contribution in [2.24, 2.45) is 0 Å². The number of hydrogen-bond acceptors (Lipinski definition) is 3. The molecule has 0 aliphatic heterocycles. The third-order valence-electron chi connectivity index (χ3n) is 4.59. The number of aromatic nitrogens is 1. The first-order valence-corrected chi connectivity index (χ1v) is 9.74. The maximum absolute atomic E-state index is 9.30. The summed E-state index contributed by atoms with van der Waals surface area (Å²) in [5, 5.41) is 11.7. The third kappa shape index (κ3) is 5.54. The highest BCUT2D eigenvalue weighted by Gasteiger charge is 2.02. The Morgan fingerprint density at radius 1 is 1.07 bits per heavy atom. The van der Waals surface area contributed by atoms with E-state index in [4.69, 9.17) is 4.74 Å². The monoisotopic (exact) mass is 373 g/mol. The standard InChI is InChI=1S/C25H27NO2/c1-3-15-28-25-14-13-24(18-26-25)23-12-11-21-16-20(9-10-22(21)17-23)8-6-4-5-7-19(2)27/h3,6,8-14,16-19,27H,1,4-5,7,15H2,2H3/b8-6+. The molecule has 0 amide bonds. The van der Waals surface area contributed by atoms with Crippen molar-refractivity contribution in [2.45, 2.75) is 32.3 Å². The number of unbranched alkanes of at least 4 members (excludes halogenated alkanes) is 1. The van der Waals surface area contributed by atoms with Gasteiger partial charge in [0.2, 0.25) is 5.88 Å². The summed E-state index contributed by atoms with van der Waals surface area (Å²) in [6.45, 7) is 5.93. The molecule has 0 bridgehead atoms. The maximum atomic E-state index is 9.30. The van der Waals surface area contributed by atoms with Crippen molar-refractivity contribution in [1.29, 1.82) is 0 Å². The molecular weight excluding hydrogens is 346 g/mol. The number of aliphatic hydroxyl groups is 1. The molecule has 0 saturated heterocycles. The minimum atomic E-state index is -0.214. The molecule has 1 atom stereocenters. The van der Waals surface area contributed by atoms with Crippen LogP contribution in [0.2, 0.25) is 0 Å². The van der Waals surface area contributed by atoms with Crippen LogP contribution in [-0.2, 0) is 0 Å².